The number of aromatic nitrogens is 1. The van der Waals surface area contributed by atoms with Crippen molar-refractivity contribution in [1.82, 2.24) is 15.6 Å². The number of piperidine rings is 1. The van der Waals surface area contributed by atoms with Gasteiger partial charge in [-0.25, -0.2) is 0 Å². The summed E-state index contributed by atoms with van der Waals surface area (Å²) < 4.78 is 0. The number of carbonyl (C=O) groups is 1. The molecule has 0 aliphatic carbocycles. The molecule has 2 heterocycles. The van der Waals surface area contributed by atoms with Gasteiger partial charge in [0.2, 0.25) is 5.91 Å². The molecule has 4 nitrogen and oxygen atoms in total. The van der Waals surface area contributed by atoms with Crippen LogP contribution >= 0.6 is 0 Å². The summed E-state index contributed by atoms with van der Waals surface area (Å²) in [7, 11) is 0. The summed E-state index contributed by atoms with van der Waals surface area (Å²) in [6.07, 6.45) is 1.89. The van der Waals surface area contributed by atoms with E-state index in [2.05, 4.69) is 34.7 Å². The molecule has 1 aromatic carbocycles. The van der Waals surface area contributed by atoms with Gasteiger partial charge in [0, 0.05) is 29.1 Å². The summed E-state index contributed by atoms with van der Waals surface area (Å²) >= 11 is 0. The smallest absolute Gasteiger partial charge is 0.223 e. The Morgan fingerprint density at radius 2 is 2.05 bits per heavy atom. The van der Waals surface area contributed by atoms with Crippen molar-refractivity contribution < 1.29 is 4.79 Å². The van der Waals surface area contributed by atoms with Gasteiger partial charge in [0.15, 0.2) is 0 Å². The number of para-hydroxylation sites is 1. The molecule has 1 aromatic heterocycles. The summed E-state index contributed by atoms with van der Waals surface area (Å²) in [5.74, 6) is 0.359. The molecule has 20 heavy (non-hydrogen) atoms. The van der Waals surface area contributed by atoms with Crippen LogP contribution in [-0.4, -0.2) is 24.0 Å². The molecule has 4 heteroatoms. The molecule has 106 valence electrons. The molecule has 0 unspecified atom stereocenters. The minimum atomic E-state index is 0.168. The molecular formula is C16H21N3O. The van der Waals surface area contributed by atoms with Crippen LogP contribution in [0.1, 0.15) is 24.1 Å². The topological polar surface area (TPSA) is 56.9 Å². The molecular weight excluding hydrogens is 250 g/mol. The lowest BCUT2D eigenvalue weighted by atomic mass is 9.97. The number of hydrogen-bond donors (Lipinski definition) is 3. The fourth-order valence-corrected chi connectivity index (χ4v) is 2.97. The lowest BCUT2D eigenvalue weighted by Crippen LogP contribution is -2.37. The molecule has 1 amide bonds. The molecule has 1 aliphatic heterocycles. The van der Waals surface area contributed by atoms with Gasteiger partial charge in [0.05, 0.1) is 0 Å². The van der Waals surface area contributed by atoms with E-state index in [-0.39, 0.29) is 11.8 Å². The first kappa shape index (κ1) is 13.2. The zero-order valence-corrected chi connectivity index (χ0v) is 11.8. The highest BCUT2D eigenvalue weighted by Gasteiger charge is 2.21. The molecule has 0 bridgehead atoms. The Kier molecular flexibility index (Phi) is 3.74. The number of rotatable bonds is 3. The Bertz CT molecular complexity index is 611. The minimum absolute atomic E-state index is 0.168. The van der Waals surface area contributed by atoms with Crippen LogP contribution < -0.4 is 10.6 Å². The molecule has 1 saturated heterocycles. The predicted octanol–water partition coefficient (Wildman–Crippen LogP) is 2.09. The molecule has 3 rings (SSSR count). The predicted molar refractivity (Wildman–Crippen MR) is 80.5 cm³/mol. The third-order valence-electron chi connectivity index (χ3n) is 4.18. The zero-order chi connectivity index (χ0) is 13.9. The average Bonchev–Trinajstić information content (AvgIpc) is 2.81. The highest BCUT2D eigenvalue weighted by Crippen LogP contribution is 2.22. The number of carbonyl (C=O) groups excluding carboxylic acids is 1. The van der Waals surface area contributed by atoms with Crippen molar-refractivity contribution in [2.75, 3.05) is 13.1 Å². The third-order valence-corrected chi connectivity index (χ3v) is 4.18. The Labute approximate surface area is 118 Å². The van der Waals surface area contributed by atoms with Gasteiger partial charge in [-0.05, 0) is 44.5 Å². The van der Waals surface area contributed by atoms with Gasteiger partial charge in [-0.15, -0.1) is 0 Å². The SMILES string of the molecule is Cc1[nH]c2ccccc2c1CNC(=O)C1CCNCC1. The molecule has 0 atom stereocenters. The van der Waals surface area contributed by atoms with E-state index in [1.807, 2.05) is 12.1 Å². The maximum Gasteiger partial charge on any atom is 0.223 e. The van der Waals surface area contributed by atoms with E-state index >= 15 is 0 Å². The van der Waals surface area contributed by atoms with Crippen molar-refractivity contribution in [2.45, 2.75) is 26.3 Å². The third kappa shape index (κ3) is 2.56. The van der Waals surface area contributed by atoms with Crippen LogP contribution in [0.2, 0.25) is 0 Å². The lowest BCUT2D eigenvalue weighted by molar-refractivity contribution is -0.125. The largest absolute Gasteiger partial charge is 0.358 e. The van der Waals surface area contributed by atoms with E-state index in [4.69, 9.17) is 0 Å². The van der Waals surface area contributed by atoms with Crippen LogP contribution in [0.5, 0.6) is 0 Å². The van der Waals surface area contributed by atoms with Crippen molar-refractivity contribution in [3.63, 3.8) is 0 Å². The highest BCUT2D eigenvalue weighted by molar-refractivity contribution is 5.85. The van der Waals surface area contributed by atoms with E-state index in [1.54, 1.807) is 0 Å². The Morgan fingerprint density at radius 3 is 2.85 bits per heavy atom. The van der Waals surface area contributed by atoms with E-state index in [0.717, 1.165) is 37.1 Å². The van der Waals surface area contributed by atoms with Crippen LogP contribution in [0.3, 0.4) is 0 Å². The van der Waals surface area contributed by atoms with E-state index in [1.165, 1.54) is 10.9 Å². The Hall–Kier alpha value is -1.81. The first-order valence-corrected chi connectivity index (χ1v) is 7.30. The highest BCUT2D eigenvalue weighted by atomic mass is 16.1. The molecule has 2 aromatic rings. The van der Waals surface area contributed by atoms with Gasteiger partial charge in [-0.3, -0.25) is 4.79 Å². The normalized spacial score (nSPS) is 16.4. The fraction of sp³-hybridized carbons (Fsp3) is 0.438. The second-order valence-corrected chi connectivity index (χ2v) is 5.52. The van der Waals surface area contributed by atoms with E-state index in [0.29, 0.717) is 6.54 Å². The van der Waals surface area contributed by atoms with E-state index < -0.39 is 0 Å². The van der Waals surface area contributed by atoms with Gasteiger partial charge in [-0.1, -0.05) is 18.2 Å². The van der Waals surface area contributed by atoms with Crippen LogP contribution in [0.25, 0.3) is 10.9 Å². The Morgan fingerprint density at radius 1 is 1.30 bits per heavy atom. The molecule has 0 radical (unpaired) electrons. The summed E-state index contributed by atoms with van der Waals surface area (Å²) in [6, 6.07) is 8.23. The summed E-state index contributed by atoms with van der Waals surface area (Å²) in [5, 5.41) is 7.59. The van der Waals surface area contributed by atoms with Gasteiger partial charge in [-0.2, -0.15) is 0 Å². The number of aryl methyl sites for hydroxylation is 1. The van der Waals surface area contributed by atoms with Gasteiger partial charge >= 0.3 is 0 Å². The standard InChI is InChI=1S/C16H21N3O/c1-11-14(13-4-2-3-5-15(13)19-11)10-18-16(20)12-6-8-17-9-7-12/h2-5,12,17,19H,6-10H2,1H3,(H,18,20). The lowest BCUT2D eigenvalue weighted by Gasteiger charge is -2.21. The number of H-pyrrole nitrogens is 1. The number of amides is 1. The number of aromatic amines is 1. The summed E-state index contributed by atoms with van der Waals surface area (Å²) in [4.78, 5) is 15.6. The Balaban J connectivity index is 1.70. The van der Waals surface area contributed by atoms with Crippen LogP contribution in [0.15, 0.2) is 24.3 Å². The maximum atomic E-state index is 12.2. The van der Waals surface area contributed by atoms with E-state index in [9.17, 15) is 4.79 Å². The number of fused-ring (bicyclic) bond motifs is 1. The molecule has 0 saturated carbocycles. The monoisotopic (exact) mass is 271 g/mol. The quantitative estimate of drug-likeness (QED) is 0.800. The minimum Gasteiger partial charge on any atom is -0.358 e. The maximum absolute atomic E-state index is 12.2. The summed E-state index contributed by atoms with van der Waals surface area (Å²) in [6.45, 7) is 4.57. The van der Waals surface area contributed by atoms with Gasteiger partial charge in [0.25, 0.3) is 0 Å². The summed E-state index contributed by atoms with van der Waals surface area (Å²) in [5.41, 5.74) is 3.47. The van der Waals surface area contributed by atoms with Crippen LogP contribution in [0.4, 0.5) is 0 Å². The fourth-order valence-electron chi connectivity index (χ4n) is 2.97. The second-order valence-electron chi connectivity index (χ2n) is 5.52. The zero-order valence-electron chi connectivity index (χ0n) is 11.8. The number of hydrogen-bond acceptors (Lipinski definition) is 2. The van der Waals surface area contributed by atoms with Crippen LogP contribution in [0, 0.1) is 12.8 Å². The van der Waals surface area contributed by atoms with Crippen molar-refractivity contribution in [3.05, 3.63) is 35.5 Å². The number of benzene rings is 1. The number of nitrogens with one attached hydrogen (secondary N) is 3. The van der Waals surface area contributed by atoms with Crippen LogP contribution in [-0.2, 0) is 11.3 Å². The molecule has 3 N–H and O–H groups in total. The van der Waals surface area contributed by atoms with Crippen molar-refractivity contribution in [2.24, 2.45) is 5.92 Å². The van der Waals surface area contributed by atoms with Crippen molar-refractivity contribution >= 4 is 16.8 Å². The second kappa shape index (κ2) is 5.67. The van der Waals surface area contributed by atoms with Gasteiger partial charge < -0.3 is 15.6 Å². The average molecular weight is 271 g/mol. The van der Waals surface area contributed by atoms with Crippen molar-refractivity contribution in [3.8, 4) is 0 Å². The van der Waals surface area contributed by atoms with Gasteiger partial charge in [0.1, 0.15) is 0 Å². The van der Waals surface area contributed by atoms with Crippen molar-refractivity contribution in [1.29, 1.82) is 0 Å². The first-order valence-electron chi connectivity index (χ1n) is 7.30. The molecule has 1 fully saturated rings. The molecule has 1 aliphatic rings. The molecule has 0 spiro atoms. The first-order chi connectivity index (χ1) is 9.75.